The van der Waals surface area contributed by atoms with Gasteiger partial charge in [-0.15, -0.1) is 0 Å². The monoisotopic (exact) mass is 1880 g/mol. The Labute approximate surface area is 837 Å². The molecule has 0 fully saturated rings. The summed E-state index contributed by atoms with van der Waals surface area (Å²) < 4.78 is 10.1. The van der Waals surface area contributed by atoms with Crippen LogP contribution in [-0.4, -0.2) is 18.3 Å². The summed E-state index contributed by atoms with van der Waals surface area (Å²) in [4.78, 5) is 19.8. The normalized spacial score (nSPS) is 12.4. The molecular formula is C129H96N8S4. The van der Waals surface area contributed by atoms with Gasteiger partial charge in [0, 0.05) is 177 Å². The Hall–Kier alpha value is -15.8. The largest absolute Gasteiger partial charge is 0.341 e. The average Bonchev–Trinajstić information content (AvgIpc) is 1.50. The van der Waals surface area contributed by atoms with Gasteiger partial charge in [-0.1, -0.05) is 265 Å². The maximum absolute atomic E-state index is 2.59. The zero-order valence-electron chi connectivity index (χ0n) is 78.4. The topological polar surface area (TPSA) is 32.7 Å². The van der Waals surface area contributed by atoms with Gasteiger partial charge in [-0.3, -0.25) is 0 Å². The number of rotatable bonds is 24. The molecule has 2 aliphatic rings. The van der Waals surface area contributed by atoms with Crippen molar-refractivity contribution in [3.8, 4) is 22.3 Å². The summed E-state index contributed by atoms with van der Waals surface area (Å²) in [5, 5.41) is 9.86. The molecule has 24 aromatic rings. The third-order valence-electron chi connectivity index (χ3n) is 28.8. The van der Waals surface area contributed by atoms with Crippen LogP contribution in [-0.2, 0) is 31.6 Å². The predicted octanol–water partition coefficient (Wildman–Crippen LogP) is 37.0. The number of nitrogens with zero attached hydrogens (tertiary/aromatic N) is 8. The van der Waals surface area contributed by atoms with Crippen LogP contribution in [0.3, 0.4) is 0 Å². The van der Waals surface area contributed by atoms with Crippen molar-refractivity contribution in [3.63, 3.8) is 0 Å². The fraction of sp³-hybridized carbons (Fsp3) is 0.0698. The Balaban J connectivity index is 0.726. The van der Waals surface area contributed by atoms with E-state index >= 15 is 0 Å². The molecular weight excluding hydrogens is 1790 g/mol. The Morgan fingerprint density at radius 3 is 0.532 bits per heavy atom. The minimum Gasteiger partial charge on any atom is -0.341 e. The van der Waals surface area contributed by atoms with Crippen LogP contribution in [0.15, 0.2) is 500 Å². The highest BCUT2D eigenvalue weighted by atomic mass is 32.2. The lowest BCUT2D eigenvalue weighted by atomic mass is 9.70. The van der Waals surface area contributed by atoms with Crippen LogP contribution in [0.5, 0.6) is 0 Å². The zero-order chi connectivity index (χ0) is 93.9. The second-order valence-electron chi connectivity index (χ2n) is 36.5. The molecule has 1 spiro atoms. The number of fused-ring (bicyclic) bond motifs is 22. The van der Waals surface area contributed by atoms with Gasteiger partial charge in [-0.25, -0.2) is 0 Å². The van der Waals surface area contributed by atoms with Crippen molar-refractivity contribution in [1.82, 2.24) is 18.3 Å². The lowest BCUT2D eigenvalue weighted by Gasteiger charge is -2.35. The number of hydrogen-bond donors (Lipinski definition) is 0. The highest BCUT2D eigenvalue weighted by Crippen LogP contribution is 2.66. The van der Waals surface area contributed by atoms with Crippen molar-refractivity contribution in [2.45, 2.75) is 98.5 Å². The second kappa shape index (κ2) is 35.6. The Bertz CT molecular complexity index is 7950. The van der Waals surface area contributed by atoms with Crippen LogP contribution in [0.2, 0.25) is 0 Å². The summed E-state index contributed by atoms with van der Waals surface area (Å²) in [7, 11) is 0. The van der Waals surface area contributed by atoms with Gasteiger partial charge >= 0.3 is 0 Å². The molecule has 676 valence electrons. The summed E-state index contributed by atoms with van der Waals surface area (Å²) in [6, 6.07) is 174. The summed E-state index contributed by atoms with van der Waals surface area (Å²) in [5.41, 5.74) is 30.6. The van der Waals surface area contributed by atoms with Crippen LogP contribution in [0.4, 0.5) is 68.2 Å². The lowest BCUT2D eigenvalue weighted by molar-refractivity contribution is 0.793. The first-order chi connectivity index (χ1) is 69.7. The molecule has 8 nitrogen and oxygen atoms in total. The Morgan fingerprint density at radius 1 is 0.163 bits per heavy atom. The third-order valence-corrected chi connectivity index (χ3v) is 32.8. The molecule has 0 N–H and O–H groups in total. The highest BCUT2D eigenvalue weighted by molar-refractivity contribution is 8.00. The predicted molar refractivity (Wildman–Crippen MR) is 598 cm³/mol. The van der Waals surface area contributed by atoms with Crippen LogP contribution in [0.25, 0.3) is 109 Å². The second-order valence-corrected chi connectivity index (χ2v) is 41.1. The number of anilines is 12. The number of benzene rings is 20. The molecule has 4 aromatic heterocycles. The SMILES string of the molecule is CCn1c2cc(Sc3ccccc3)ccc2c2ccc(N(c3ccccc3)c3ccc4c(c3)C3(c5cc(N(c6ccccc6)c6ccc7c8ccc(Sc9ccccc9)cc8n(CC)c7c6)ccc5-4)c4cc(N(c5ccccc5)c5ccc6c7ccc(Sc8ccccc8)cc7n(CC)c6c5)ccc4-c4ccc(N(c5ccccc5)c5ccc6c7ccc(Sc8ccccc8)cc7n(CC)c6c5)cc43)cc21. The molecule has 0 amide bonds. The quantitative estimate of drug-likeness (QED) is 0.0592. The van der Waals surface area contributed by atoms with Crippen molar-refractivity contribution >= 4 is 203 Å². The van der Waals surface area contributed by atoms with E-state index in [4.69, 9.17) is 0 Å². The van der Waals surface area contributed by atoms with Gasteiger partial charge in [0.2, 0.25) is 0 Å². The van der Waals surface area contributed by atoms with E-state index in [2.05, 4.69) is 527 Å². The van der Waals surface area contributed by atoms with Crippen molar-refractivity contribution in [2.75, 3.05) is 19.6 Å². The molecule has 0 saturated carbocycles. The summed E-state index contributed by atoms with van der Waals surface area (Å²) in [6.07, 6.45) is 0. The minimum atomic E-state index is -1.05. The zero-order valence-corrected chi connectivity index (χ0v) is 81.7. The third kappa shape index (κ3) is 14.6. The Kier molecular flexibility index (Phi) is 21.6. The summed E-state index contributed by atoms with van der Waals surface area (Å²) >= 11 is 7.25. The maximum atomic E-state index is 2.59. The molecule has 2 aliphatic carbocycles. The lowest BCUT2D eigenvalue weighted by Crippen LogP contribution is -2.27. The van der Waals surface area contributed by atoms with E-state index in [9.17, 15) is 0 Å². The molecule has 12 heteroatoms. The first-order valence-corrected chi connectivity index (χ1v) is 52.1. The molecule has 0 atom stereocenters. The maximum Gasteiger partial charge on any atom is 0.0728 e. The van der Waals surface area contributed by atoms with Crippen LogP contribution in [0, 0.1) is 0 Å². The van der Waals surface area contributed by atoms with Gasteiger partial charge in [-0.2, -0.15) is 0 Å². The van der Waals surface area contributed by atoms with Gasteiger partial charge < -0.3 is 37.9 Å². The minimum absolute atomic E-state index is 0.790. The van der Waals surface area contributed by atoms with Gasteiger partial charge in [-0.05, 0) is 315 Å². The fourth-order valence-corrected chi connectivity index (χ4v) is 26.2. The van der Waals surface area contributed by atoms with E-state index in [1.165, 1.54) is 171 Å². The molecule has 4 heterocycles. The molecule has 0 radical (unpaired) electrons. The van der Waals surface area contributed by atoms with E-state index in [0.29, 0.717) is 0 Å². The molecule has 0 saturated heterocycles. The molecule has 26 rings (SSSR count). The molecule has 0 unspecified atom stereocenters. The molecule has 20 aromatic carbocycles. The van der Waals surface area contributed by atoms with E-state index in [0.717, 1.165) is 94.4 Å². The standard InChI is InChI=1S/C129H96N8S4/c1-5-130-121-77-93(53-65-109(121)113-69-57-101(81-125(113)130)138-97-41-25-13-26-42-97)134(85-33-17-9-18-34-85)89-49-61-105-106-62-50-90(135(86-35-19-10-20-36-86)94-54-66-110-114-70-58-102(139-98-43-27-14-28-44-98)82-126(114)131(6-2)122(110)78-94)74-118(106)129(117(105)73-89)119-75-91(136(87-37-21-11-22-38-87)95-55-67-111-115-71-59-103(140-99-45-29-15-30-46-99)83-127(115)132(7-3)123(111)79-95)51-63-107(119)108-64-52-92(76-120(108)129)137(88-39-23-12-24-40-88)96-56-68-112-116-72-60-104(141-100-47-31-16-32-48-100)84-128(116)133(8-4)124(112)80-96/h9-84H,5-8H2,1-4H3. The van der Waals surface area contributed by atoms with Gasteiger partial charge in [0.1, 0.15) is 0 Å². The first-order valence-electron chi connectivity index (χ1n) is 48.8. The molecule has 141 heavy (non-hydrogen) atoms. The Morgan fingerprint density at radius 2 is 0.333 bits per heavy atom. The van der Waals surface area contributed by atoms with Gasteiger partial charge in [0.15, 0.2) is 0 Å². The van der Waals surface area contributed by atoms with E-state index < -0.39 is 5.41 Å². The van der Waals surface area contributed by atoms with Gasteiger partial charge in [0.05, 0.1) is 49.5 Å². The highest BCUT2D eigenvalue weighted by Gasteiger charge is 2.53. The fourth-order valence-electron chi connectivity index (χ4n) is 22.8. The molecule has 0 aliphatic heterocycles. The van der Waals surface area contributed by atoms with Crippen LogP contribution < -0.4 is 19.6 Å². The number of aromatic nitrogens is 4. The van der Waals surface area contributed by atoms with Crippen molar-refractivity contribution in [3.05, 3.63) is 483 Å². The summed E-state index contributed by atoms with van der Waals surface area (Å²) in [5.74, 6) is 0. The number of aryl methyl sites for hydroxylation is 4. The van der Waals surface area contributed by atoms with E-state index in [-0.39, 0.29) is 0 Å². The number of hydrogen-bond acceptors (Lipinski definition) is 8. The molecule has 0 bridgehead atoms. The van der Waals surface area contributed by atoms with Crippen molar-refractivity contribution in [1.29, 1.82) is 0 Å². The first kappa shape index (κ1) is 85.6. The van der Waals surface area contributed by atoms with Crippen molar-refractivity contribution < 1.29 is 0 Å². The number of para-hydroxylation sites is 4. The smallest absolute Gasteiger partial charge is 0.0728 e. The average molecular weight is 1890 g/mol. The van der Waals surface area contributed by atoms with Gasteiger partial charge in [0.25, 0.3) is 0 Å². The van der Waals surface area contributed by atoms with Crippen LogP contribution >= 0.6 is 47.0 Å². The van der Waals surface area contributed by atoms with Crippen molar-refractivity contribution in [2.24, 2.45) is 0 Å². The van der Waals surface area contributed by atoms with E-state index in [1.807, 2.05) is 47.0 Å². The van der Waals surface area contributed by atoms with Crippen LogP contribution in [0.1, 0.15) is 49.9 Å². The van der Waals surface area contributed by atoms with E-state index in [1.54, 1.807) is 0 Å². The summed E-state index contributed by atoms with van der Waals surface area (Å²) in [6.45, 7) is 12.3.